The van der Waals surface area contributed by atoms with Crippen LogP contribution in [-0.2, 0) is 9.84 Å². The van der Waals surface area contributed by atoms with E-state index in [0.29, 0.717) is 29.8 Å². The maximum Gasteiger partial charge on any atom is 0.247 e. The Morgan fingerprint density at radius 3 is 2.71 bits per heavy atom. The minimum Gasteiger partial charge on any atom is -0.339 e. The van der Waals surface area contributed by atoms with Gasteiger partial charge in [0.25, 0.3) is 0 Å². The fraction of sp³-hybridized carbons (Fsp3) is 0.400. The smallest absolute Gasteiger partial charge is 0.247 e. The molecule has 1 unspecified atom stereocenters. The highest BCUT2D eigenvalue weighted by Crippen LogP contribution is 2.23. The number of benzene rings is 1. The summed E-state index contributed by atoms with van der Waals surface area (Å²) in [7, 11) is -2.97. The minimum absolute atomic E-state index is 0.104. The predicted molar refractivity (Wildman–Crippen MR) is 94.6 cm³/mol. The van der Waals surface area contributed by atoms with E-state index in [1.807, 2.05) is 24.0 Å². The van der Waals surface area contributed by atoms with E-state index in [0.717, 1.165) is 5.69 Å². The third-order valence-electron chi connectivity index (χ3n) is 3.91. The van der Waals surface area contributed by atoms with Gasteiger partial charge in [-0.3, -0.25) is 0 Å². The number of hydrogen-bond donors (Lipinski definition) is 1. The van der Waals surface area contributed by atoms with Gasteiger partial charge < -0.3 is 10.2 Å². The number of nitrogens with zero attached hydrogens (tertiary/aromatic N) is 4. The topological polar surface area (TPSA) is 88.1 Å². The van der Waals surface area contributed by atoms with Crippen molar-refractivity contribution in [3.05, 3.63) is 35.5 Å². The Morgan fingerprint density at radius 2 is 2.08 bits per heavy atom. The molecule has 3 rings (SSSR count). The van der Waals surface area contributed by atoms with Crippen molar-refractivity contribution in [3.8, 4) is 0 Å². The van der Waals surface area contributed by atoms with Crippen molar-refractivity contribution in [3.63, 3.8) is 0 Å². The molecule has 2 heterocycles. The molecule has 1 saturated heterocycles. The average molecular weight is 368 g/mol. The molecule has 0 saturated carbocycles. The highest BCUT2D eigenvalue weighted by Gasteiger charge is 2.33. The molecule has 1 aromatic heterocycles. The average Bonchev–Trinajstić information content (AvgIpc) is 2.91. The van der Waals surface area contributed by atoms with Gasteiger partial charge >= 0.3 is 0 Å². The van der Waals surface area contributed by atoms with Crippen LogP contribution < -0.4 is 10.2 Å². The van der Waals surface area contributed by atoms with E-state index in [1.165, 1.54) is 6.20 Å². The molecule has 1 aliphatic rings. The van der Waals surface area contributed by atoms with Crippen molar-refractivity contribution in [2.45, 2.75) is 19.4 Å². The van der Waals surface area contributed by atoms with E-state index in [-0.39, 0.29) is 17.5 Å². The first kappa shape index (κ1) is 16.9. The summed E-state index contributed by atoms with van der Waals surface area (Å²) in [6, 6.07) is 7.13. The molecule has 0 aliphatic carbocycles. The molecule has 0 amide bonds. The van der Waals surface area contributed by atoms with Gasteiger partial charge in [-0.05, 0) is 37.6 Å². The number of anilines is 3. The molecule has 24 heavy (non-hydrogen) atoms. The largest absolute Gasteiger partial charge is 0.339 e. The van der Waals surface area contributed by atoms with Crippen molar-refractivity contribution >= 4 is 38.9 Å². The van der Waals surface area contributed by atoms with E-state index in [4.69, 9.17) is 11.6 Å². The van der Waals surface area contributed by atoms with Gasteiger partial charge in [0.05, 0.1) is 17.7 Å². The molecular formula is C15H18ClN5O2S. The van der Waals surface area contributed by atoms with Crippen LogP contribution in [0.25, 0.3) is 0 Å². The highest BCUT2D eigenvalue weighted by atomic mass is 35.5. The van der Waals surface area contributed by atoms with Gasteiger partial charge in [0.15, 0.2) is 15.7 Å². The van der Waals surface area contributed by atoms with E-state index in [9.17, 15) is 8.42 Å². The monoisotopic (exact) mass is 367 g/mol. The molecule has 1 aromatic carbocycles. The van der Waals surface area contributed by atoms with Gasteiger partial charge in [0.2, 0.25) is 5.95 Å². The van der Waals surface area contributed by atoms with E-state index in [2.05, 4.69) is 20.5 Å². The molecular weight excluding hydrogens is 350 g/mol. The normalized spacial score (nSPS) is 19.2. The van der Waals surface area contributed by atoms with Crippen LogP contribution in [-0.4, -0.2) is 47.7 Å². The van der Waals surface area contributed by atoms with Gasteiger partial charge in [-0.1, -0.05) is 11.6 Å². The van der Waals surface area contributed by atoms with Crippen LogP contribution >= 0.6 is 11.6 Å². The number of nitrogens with one attached hydrogen (secondary N) is 1. The molecule has 1 aliphatic heterocycles. The maximum atomic E-state index is 11.7. The second-order valence-corrected chi connectivity index (χ2v) is 8.28. The first-order valence-electron chi connectivity index (χ1n) is 7.66. The Labute approximate surface area is 146 Å². The molecule has 1 atom stereocenters. The summed E-state index contributed by atoms with van der Waals surface area (Å²) in [6.07, 6.45) is 2.12. The molecule has 1 N–H and O–H groups in total. The molecule has 0 radical (unpaired) electrons. The molecule has 128 valence electrons. The van der Waals surface area contributed by atoms with Crippen LogP contribution in [0.3, 0.4) is 0 Å². The Morgan fingerprint density at radius 1 is 1.33 bits per heavy atom. The molecule has 0 spiro atoms. The van der Waals surface area contributed by atoms with Crippen LogP contribution in [0.5, 0.6) is 0 Å². The third-order valence-corrected chi connectivity index (χ3v) is 5.91. The van der Waals surface area contributed by atoms with E-state index in [1.54, 1.807) is 12.1 Å². The van der Waals surface area contributed by atoms with Gasteiger partial charge in [-0.2, -0.15) is 10.1 Å². The quantitative estimate of drug-likeness (QED) is 0.867. The van der Waals surface area contributed by atoms with Gasteiger partial charge in [-0.15, -0.1) is 5.10 Å². The summed E-state index contributed by atoms with van der Waals surface area (Å²) in [5, 5.41) is 11.8. The van der Waals surface area contributed by atoms with Crippen LogP contribution in [0.4, 0.5) is 17.5 Å². The van der Waals surface area contributed by atoms with Gasteiger partial charge in [-0.25, -0.2) is 8.42 Å². The lowest BCUT2D eigenvalue weighted by atomic mass is 10.2. The fourth-order valence-electron chi connectivity index (χ4n) is 2.74. The van der Waals surface area contributed by atoms with Crippen LogP contribution in [0.15, 0.2) is 30.5 Å². The SMILES string of the molecule is CCN(c1nncc(Nc2ccc(Cl)cc2)n1)C1CCS(=O)(=O)C1. The zero-order valence-electron chi connectivity index (χ0n) is 13.2. The fourth-order valence-corrected chi connectivity index (χ4v) is 4.60. The van der Waals surface area contributed by atoms with Crippen LogP contribution in [0.2, 0.25) is 5.02 Å². The number of hydrogen-bond acceptors (Lipinski definition) is 7. The molecule has 9 heteroatoms. The minimum atomic E-state index is -2.97. The Kier molecular flexibility index (Phi) is 4.86. The van der Waals surface area contributed by atoms with Crippen LogP contribution in [0, 0.1) is 0 Å². The van der Waals surface area contributed by atoms with Crippen molar-refractivity contribution in [1.29, 1.82) is 0 Å². The first-order chi connectivity index (χ1) is 11.5. The van der Waals surface area contributed by atoms with Crippen molar-refractivity contribution < 1.29 is 8.42 Å². The number of sulfone groups is 1. The van der Waals surface area contributed by atoms with Gasteiger partial charge in [0.1, 0.15) is 0 Å². The molecule has 2 aromatic rings. The van der Waals surface area contributed by atoms with Crippen molar-refractivity contribution in [1.82, 2.24) is 15.2 Å². The number of aromatic nitrogens is 3. The third kappa shape index (κ3) is 3.93. The second-order valence-electron chi connectivity index (χ2n) is 5.62. The zero-order chi connectivity index (χ0) is 17.2. The summed E-state index contributed by atoms with van der Waals surface area (Å²) < 4.78 is 23.4. The van der Waals surface area contributed by atoms with Gasteiger partial charge in [0, 0.05) is 23.3 Å². The first-order valence-corrected chi connectivity index (χ1v) is 9.86. The van der Waals surface area contributed by atoms with E-state index >= 15 is 0 Å². The maximum absolute atomic E-state index is 11.7. The lowest BCUT2D eigenvalue weighted by molar-refractivity contribution is 0.598. The standard InChI is InChI=1S/C15H18ClN5O2S/c1-2-21(13-7-8-24(22,23)10-13)15-19-14(9-17-20-15)18-12-5-3-11(16)4-6-12/h3-6,9,13H,2,7-8,10H2,1H3,(H,18,19,20). The lowest BCUT2D eigenvalue weighted by Crippen LogP contribution is -2.37. The summed E-state index contributed by atoms with van der Waals surface area (Å²) in [5.74, 6) is 1.32. The van der Waals surface area contributed by atoms with Crippen LogP contribution in [0.1, 0.15) is 13.3 Å². The summed E-state index contributed by atoms with van der Waals surface area (Å²) >= 11 is 5.87. The number of rotatable bonds is 5. The summed E-state index contributed by atoms with van der Waals surface area (Å²) in [4.78, 5) is 6.36. The number of halogens is 1. The highest BCUT2D eigenvalue weighted by molar-refractivity contribution is 7.91. The Hall–Kier alpha value is -1.93. The Balaban J connectivity index is 1.79. The summed E-state index contributed by atoms with van der Waals surface area (Å²) in [5.41, 5.74) is 0.831. The predicted octanol–water partition coefficient (Wildman–Crippen LogP) is 2.28. The molecule has 1 fully saturated rings. The molecule has 7 nitrogen and oxygen atoms in total. The zero-order valence-corrected chi connectivity index (χ0v) is 14.8. The van der Waals surface area contributed by atoms with Crippen molar-refractivity contribution in [2.75, 3.05) is 28.3 Å². The Bertz CT molecular complexity index is 813. The lowest BCUT2D eigenvalue weighted by Gasteiger charge is -2.26. The molecule has 0 bridgehead atoms. The van der Waals surface area contributed by atoms with Crippen molar-refractivity contribution in [2.24, 2.45) is 0 Å². The summed E-state index contributed by atoms with van der Waals surface area (Å²) in [6.45, 7) is 2.57. The van der Waals surface area contributed by atoms with E-state index < -0.39 is 9.84 Å². The second kappa shape index (κ2) is 6.90.